The van der Waals surface area contributed by atoms with E-state index < -0.39 is 17.9 Å². The van der Waals surface area contributed by atoms with E-state index in [0.717, 1.165) is 11.1 Å². The van der Waals surface area contributed by atoms with Crippen molar-refractivity contribution in [1.29, 1.82) is 0 Å². The van der Waals surface area contributed by atoms with Crippen LogP contribution in [0.4, 0.5) is 0 Å². The number of hydrogen-bond acceptors (Lipinski definition) is 4. The number of rotatable bonds is 4. The van der Waals surface area contributed by atoms with Gasteiger partial charge in [-0.05, 0) is 23.5 Å². The van der Waals surface area contributed by atoms with Gasteiger partial charge in [0.2, 0.25) is 5.76 Å². The first-order valence-corrected chi connectivity index (χ1v) is 8.02. The van der Waals surface area contributed by atoms with Crippen LogP contribution >= 0.6 is 0 Å². The maximum atomic E-state index is 12.8. The Morgan fingerprint density at radius 2 is 2.04 bits per heavy atom. The fourth-order valence-corrected chi connectivity index (χ4v) is 3.03. The number of carboxylic acids is 1. The molecule has 3 rings (SSSR count). The standard InChI is InChI=1S/C18H20N2O4/c1-11(2)7-14-9-16(24-19-14)17(21)20-10-13-6-4-3-5-12(13)8-15(20)18(22)23/h3-6,9,11,15H,7-8,10H2,1-2H3,(H,22,23). The summed E-state index contributed by atoms with van der Waals surface area (Å²) in [6, 6.07) is 8.30. The van der Waals surface area contributed by atoms with Gasteiger partial charge in [-0.2, -0.15) is 0 Å². The van der Waals surface area contributed by atoms with Crippen LogP contribution in [0.15, 0.2) is 34.9 Å². The summed E-state index contributed by atoms with van der Waals surface area (Å²) in [5.74, 6) is -0.956. The molecule has 0 saturated carbocycles. The number of carbonyl (C=O) groups is 2. The number of aliphatic carboxylic acids is 1. The van der Waals surface area contributed by atoms with Gasteiger partial charge in [-0.25, -0.2) is 4.79 Å². The van der Waals surface area contributed by atoms with Crippen LogP contribution in [0.2, 0.25) is 0 Å². The van der Waals surface area contributed by atoms with Gasteiger partial charge in [0.25, 0.3) is 5.91 Å². The summed E-state index contributed by atoms with van der Waals surface area (Å²) in [5.41, 5.74) is 2.63. The lowest BCUT2D eigenvalue weighted by atomic mass is 9.93. The lowest BCUT2D eigenvalue weighted by molar-refractivity contribution is -0.142. The molecular weight excluding hydrogens is 308 g/mol. The Morgan fingerprint density at radius 1 is 1.33 bits per heavy atom. The van der Waals surface area contributed by atoms with Gasteiger partial charge >= 0.3 is 5.97 Å². The number of nitrogens with zero attached hydrogens (tertiary/aromatic N) is 2. The maximum absolute atomic E-state index is 12.8. The SMILES string of the molecule is CC(C)Cc1cc(C(=O)N2Cc3ccccc3CC2C(=O)O)on1. The average molecular weight is 328 g/mol. The van der Waals surface area contributed by atoms with E-state index in [2.05, 4.69) is 19.0 Å². The molecule has 1 N–H and O–H groups in total. The molecule has 1 amide bonds. The van der Waals surface area contributed by atoms with Gasteiger partial charge in [-0.3, -0.25) is 4.79 Å². The molecule has 2 aromatic rings. The average Bonchev–Trinajstić information content (AvgIpc) is 3.00. The second kappa shape index (κ2) is 6.47. The van der Waals surface area contributed by atoms with Crippen LogP contribution in [0, 0.1) is 5.92 Å². The summed E-state index contributed by atoms with van der Waals surface area (Å²) in [4.78, 5) is 25.7. The summed E-state index contributed by atoms with van der Waals surface area (Å²) in [7, 11) is 0. The molecule has 1 unspecified atom stereocenters. The summed E-state index contributed by atoms with van der Waals surface area (Å²) in [6.45, 7) is 4.36. The second-order valence-corrected chi connectivity index (χ2v) is 6.54. The Morgan fingerprint density at radius 3 is 2.71 bits per heavy atom. The maximum Gasteiger partial charge on any atom is 0.326 e. The molecule has 1 aromatic carbocycles. The third kappa shape index (κ3) is 3.18. The summed E-state index contributed by atoms with van der Waals surface area (Å²) in [6.07, 6.45) is 1.01. The molecule has 6 heteroatoms. The number of benzene rings is 1. The fraction of sp³-hybridized carbons (Fsp3) is 0.389. The van der Waals surface area contributed by atoms with E-state index in [4.69, 9.17) is 4.52 Å². The number of hydrogen-bond donors (Lipinski definition) is 1. The number of amides is 1. The minimum absolute atomic E-state index is 0.0938. The van der Waals surface area contributed by atoms with Gasteiger partial charge in [0.15, 0.2) is 0 Å². The highest BCUT2D eigenvalue weighted by Crippen LogP contribution is 2.25. The first-order valence-electron chi connectivity index (χ1n) is 8.02. The van der Waals surface area contributed by atoms with Crippen molar-refractivity contribution in [1.82, 2.24) is 10.1 Å². The van der Waals surface area contributed by atoms with Gasteiger partial charge in [0, 0.05) is 19.0 Å². The predicted octanol–water partition coefficient (Wildman–Crippen LogP) is 2.52. The zero-order valence-electron chi connectivity index (χ0n) is 13.7. The van der Waals surface area contributed by atoms with Gasteiger partial charge in [0.05, 0.1) is 5.69 Å². The van der Waals surface area contributed by atoms with Crippen molar-refractivity contribution >= 4 is 11.9 Å². The van der Waals surface area contributed by atoms with Crippen molar-refractivity contribution in [2.24, 2.45) is 5.92 Å². The van der Waals surface area contributed by atoms with Crippen LogP contribution in [0.5, 0.6) is 0 Å². The zero-order valence-corrected chi connectivity index (χ0v) is 13.7. The first kappa shape index (κ1) is 16.2. The van der Waals surface area contributed by atoms with Crippen LogP contribution in [0.1, 0.15) is 41.2 Å². The molecule has 0 saturated heterocycles. The van der Waals surface area contributed by atoms with E-state index in [1.165, 1.54) is 4.90 Å². The summed E-state index contributed by atoms with van der Waals surface area (Å²) in [5, 5.41) is 13.4. The molecule has 126 valence electrons. The topological polar surface area (TPSA) is 83.6 Å². The third-order valence-corrected chi connectivity index (χ3v) is 4.18. The quantitative estimate of drug-likeness (QED) is 0.932. The predicted molar refractivity (Wildman–Crippen MR) is 86.5 cm³/mol. The van der Waals surface area contributed by atoms with Crippen LogP contribution in [-0.2, 0) is 24.2 Å². The minimum atomic E-state index is -1.01. The van der Waals surface area contributed by atoms with Crippen molar-refractivity contribution in [2.75, 3.05) is 0 Å². The van der Waals surface area contributed by atoms with Crippen molar-refractivity contribution < 1.29 is 19.2 Å². The number of fused-ring (bicyclic) bond motifs is 1. The lowest BCUT2D eigenvalue weighted by Crippen LogP contribution is -2.48. The molecule has 6 nitrogen and oxygen atoms in total. The second-order valence-electron chi connectivity index (χ2n) is 6.54. The number of carbonyl (C=O) groups excluding carboxylic acids is 1. The van der Waals surface area contributed by atoms with Crippen molar-refractivity contribution in [2.45, 2.75) is 39.3 Å². The van der Waals surface area contributed by atoms with E-state index in [-0.39, 0.29) is 12.3 Å². The molecule has 0 aliphatic carbocycles. The van der Waals surface area contributed by atoms with E-state index in [0.29, 0.717) is 24.5 Å². The Kier molecular flexibility index (Phi) is 4.38. The lowest BCUT2D eigenvalue weighted by Gasteiger charge is -2.33. The fourth-order valence-electron chi connectivity index (χ4n) is 3.03. The third-order valence-electron chi connectivity index (χ3n) is 4.18. The molecule has 0 fully saturated rings. The van der Waals surface area contributed by atoms with E-state index >= 15 is 0 Å². The van der Waals surface area contributed by atoms with Crippen LogP contribution in [-0.4, -0.2) is 33.1 Å². The Labute approximate surface area is 140 Å². The highest BCUT2D eigenvalue weighted by Gasteiger charge is 2.36. The van der Waals surface area contributed by atoms with E-state index in [1.54, 1.807) is 6.07 Å². The first-order chi connectivity index (χ1) is 11.5. The Balaban J connectivity index is 1.87. The van der Waals surface area contributed by atoms with Gasteiger partial charge in [-0.15, -0.1) is 0 Å². The van der Waals surface area contributed by atoms with Crippen LogP contribution in [0.3, 0.4) is 0 Å². The van der Waals surface area contributed by atoms with Gasteiger partial charge in [-0.1, -0.05) is 43.3 Å². The number of carboxylic acid groups (broad SMARTS) is 1. The molecule has 24 heavy (non-hydrogen) atoms. The molecule has 2 heterocycles. The van der Waals surface area contributed by atoms with Gasteiger partial charge < -0.3 is 14.5 Å². The normalized spacial score (nSPS) is 17.0. The van der Waals surface area contributed by atoms with Gasteiger partial charge in [0.1, 0.15) is 6.04 Å². The smallest absolute Gasteiger partial charge is 0.326 e. The monoisotopic (exact) mass is 328 g/mol. The minimum Gasteiger partial charge on any atom is -0.480 e. The zero-order chi connectivity index (χ0) is 17.3. The van der Waals surface area contributed by atoms with Crippen molar-refractivity contribution in [3.8, 4) is 0 Å². The molecule has 1 atom stereocenters. The molecule has 0 bridgehead atoms. The highest BCUT2D eigenvalue weighted by atomic mass is 16.5. The van der Waals surface area contributed by atoms with Crippen molar-refractivity contribution in [3.63, 3.8) is 0 Å². The van der Waals surface area contributed by atoms with Crippen molar-refractivity contribution in [3.05, 3.63) is 52.9 Å². The van der Waals surface area contributed by atoms with Crippen LogP contribution in [0.25, 0.3) is 0 Å². The molecule has 1 aromatic heterocycles. The Hall–Kier alpha value is -2.63. The van der Waals surface area contributed by atoms with E-state index in [1.807, 2.05) is 24.3 Å². The summed E-state index contributed by atoms with van der Waals surface area (Å²) < 4.78 is 5.16. The Bertz CT molecular complexity index is 766. The molecule has 0 spiro atoms. The summed E-state index contributed by atoms with van der Waals surface area (Å²) >= 11 is 0. The molecule has 1 aliphatic heterocycles. The largest absolute Gasteiger partial charge is 0.480 e. The number of aromatic nitrogens is 1. The molecular formula is C18H20N2O4. The van der Waals surface area contributed by atoms with Crippen LogP contribution < -0.4 is 0 Å². The molecule has 1 aliphatic rings. The molecule has 0 radical (unpaired) electrons. The highest BCUT2D eigenvalue weighted by molar-refractivity contribution is 5.94. The van der Waals surface area contributed by atoms with E-state index in [9.17, 15) is 14.7 Å².